The van der Waals surface area contributed by atoms with Crippen molar-refractivity contribution in [3.8, 4) is 0 Å². The maximum atomic E-state index is 13.1. The number of carboxylic acid groups (broad SMARTS) is 1. The normalized spacial score (nSPS) is 19.9. The number of nitrogens with zero attached hydrogens (tertiary/aromatic N) is 2. The molecule has 0 saturated heterocycles. The van der Waals surface area contributed by atoms with Crippen LogP contribution in [0.4, 0.5) is 11.4 Å². The van der Waals surface area contributed by atoms with Crippen LogP contribution in [0.3, 0.4) is 0 Å². The van der Waals surface area contributed by atoms with Gasteiger partial charge in [0.2, 0.25) is 5.69 Å². The summed E-state index contributed by atoms with van der Waals surface area (Å²) >= 11 is 0. The van der Waals surface area contributed by atoms with Gasteiger partial charge in [-0.15, -0.1) is 0 Å². The SMILES string of the molecule is COCCNC(=O)c1ccc2c(c1)C(C)(CCCS(=O)(=O)O)C(=CC=CC=CC1=[N+](CCCCCC(=O)O)c3ccc(S(=O)(=O)[O-])cc3C1(C)CCCS(=O)(=O)[O-])N2CCOC. The number of nitrogens with one attached hydrogen (secondary N) is 1. The van der Waals surface area contributed by atoms with Gasteiger partial charge in [-0.1, -0.05) is 18.2 Å². The summed E-state index contributed by atoms with van der Waals surface area (Å²) in [6.07, 6.45) is 10.9. The molecule has 2 aromatic carbocycles. The molecule has 0 fully saturated rings. The van der Waals surface area contributed by atoms with Gasteiger partial charge in [-0.3, -0.25) is 14.1 Å². The summed E-state index contributed by atoms with van der Waals surface area (Å²) in [5, 5.41) is 12.0. The Morgan fingerprint density at radius 2 is 1.53 bits per heavy atom. The first-order chi connectivity index (χ1) is 29.1. The standard InChI is InChI=1S/C42H57N3O14S3/c1-41(20-11-27-60(49,50)51)33-29-31(40(48)43-22-25-58-3)16-18-35(33)45(24-26-59-4)38(41)14-8-5-7-13-37-42(2,21-12-28-61(52,53)54)34-30-32(62(55,56)57)17-19-36(34)44(37)23-10-6-9-15-39(46)47/h5,7-8,13-14,16-19,29-30H,6,9-12,15,20-28H2,1-4H3,(H4-,43,46,47,48,49,50,51,52,53,54,55,56,57)/p-1. The predicted molar refractivity (Wildman–Crippen MR) is 231 cm³/mol. The number of carbonyl (C=O) groups excluding carboxylic acids is 1. The zero-order valence-corrected chi connectivity index (χ0v) is 37.8. The van der Waals surface area contributed by atoms with E-state index < -0.39 is 63.6 Å². The molecule has 20 heteroatoms. The third-order valence-corrected chi connectivity index (χ3v) is 13.7. The Morgan fingerprint density at radius 1 is 0.839 bits per heavy atom. The lowest BCUT2D eigenvalue weighted by Gasteiger charge is -2.30. The molecule has 342 valence electrons. The molecule has 4 rings (SSSR count). The fourth-order valence-electron chi connectivity index (χ4n) is 8.23. The highest BCUT2D eigenvalue weighted by molar-refractivity contribution is 7.86. The van der Waals surface area contributed by atoms with E-state index >= 15 is 0 Å². The van der Waals surface area contributed by atoms with Gasteiger partial charge in [0.1, 0.15) is 16.7 Å². The van der Waals surface area contributed by atoms with Gasteiger partial charge in [-0.2, -0.15) is 13.0 Å². The number of rotatable bonds is 25. The Morgan fingerprint density at radius 3 is 2.18 bits per heavy atom. The third-order valence-electron chi connectivity index (χ3n) is 11.3. The zero-order chi connectivity index (χ0) is 45.9. The van der Waals surface area contributed by atoms with E-state index in [9.17, 15) is 48.5 Å². The number of methoxy groups -OCH3 is 2. The summed E-state index contributed by atoms with van der Waals surface area (Å²) in [6, 6.07) is 9.32. The number of benzene rings is 2. The van der Waals surface area contributed by atoms with Crippen LogP contribution in [-0.4, -0.2) is 125 Å². The van der Waals surface area contributed by atoms with Crippen LogP contribution in [0.1, 0.15) is 86.7 Å². The van der Waals surface area contributed by atoms with Crippen LogP contribution in [0, 0.1) is 0 Å². The fraction of sp³-hybridized carbons (Fsp3) is 0.500. The van der Waals surface area contributed by atoms with E-state index in [-0.39, 0.29) is 38.0 Å². The molecule has 0 aliphatic carbocycles. The molecule has 2 unspecified atom stereocenters. The van der Waals surface area contributed by atoms with Gasteiger partial charge in [-0.05, 0) is 94.3 Å². The molecular formula is C42H56N3O14S3-. The number of hydrogen-bond donors (Lipinski definition) is 3. The Bertz CT molecular complexity index is 2430. The predicted octanol–water partition coefficient (Wildman–Crippen LogP) is 4.38. The van der Waals surface area contributed by atoms with Crippen LogP contribution in [0.25, 0.3) is 0 Å². The van der Waals surface area contributed by atoms with Gasteiger partial charge in [0.05, 0.1) is 39.4 Å². The van der Waals surface area contributed by atoms with Crippen LogP contribution in [0.15, 0.2) is 77.4 Å². The van der Waals surface area contributed by atoms with Crippen molar-refractivity contribution in [1.82, 2.24) is 5.32 Å². The Hall–Kier alpha value is -4.28. The first-order valence-corrected chi connectivity index (χ1v) is 24.7. The minimum atomic E-state index is -4.88. The van der Waals surface area contributed by atoms with E-state index in [1.807, 2.05) is 28.5 Å². The van der Waals surface area contributed by atoms with Gasteiger partial charge >= 0.3 is 5.97 Å². The Labute approximate surface area is 364 Å². The number of unbranched alkanes of at least 4 members (excludes halogenated alkanes) is 2. The number of amides is 1. The van der Waals surface area contributed by atoms with E-state index in [0.29, 0.717) is 74.6 Å². The van der Waals surface area contributed by atoms with Crippen molar-refractivity contribution < 1.29 is 67.7 Å². The van der Waals surface area contributed by atoms with Crippen LogP contribution in [0.2, 0.25) is 0 Å². The third kappa shape index (κ3) is 13.1. The summed E-state index contributed by atoms with van der Waals surface area (Å²) in [5.74, 6) is -2.38. The fourth-order valence-corrected chi connectivity index (χ4v) is 9.74. The summed E-state index contributed by atoms with van der Waals surface area (Å²) in [5.41, 5.74) is 2.48. The van der Waals surface area contributed by atoms with Crippen LogP contribution >= 0.6 is 0 Å². The maximum Gasteiger partial charge on any atom is 0.303 e. The van der Waals surface area contributed by atoms with Crippen molar-refractivity contribution >= 4 is 59.3 Å². The Kier molecular flexibility index (Phi) is 17.4. The highest BCUT2D eigenvalue weighted by atomic mass is 32.2. The molecule has 2 aliphatic heterocycles. The zero-order valence-electron chi connectivity index (χ0n) is 35.4. The number of allylic oxidation sites excluding steroid dienone is 6. The van der Waals surface area contributed by atoms with Crippen LogP contribution in [-0.2, 0) is 55.5 Å². The van der Waals surface area contributed by atoms with Crippen molar-refractivity contribution in [2.45, 2.75) is 80.9 Å². The second kappa shape index (κ2) is 21.4. The molecule has 0 spiro atoms. The first kappa shape index (κ1) is 50.4. The lowest BCUT2D eigenvalue weighted by atomic mass is 9.76. The smallest absolute Gasteiger partial charge is 0.303 e. The number of fused-ring (bicyclic) bond motifs is 2. The number of aliphatic carboxylic acids is 1. The molecular weight excluding hydrogens is 867 g/mol. The van der Waals surface area contributed by atoms with Crippen molar-refractivity contribution in [1.29, 1.82) is 0 Å². The molecule has 0 bridgehead atoms. The molecule has 17 nitrogen and oxygen atoms in total. The molecule has 3 N–H and O–H groups in total. The van der Waals surface area contributed by atoms with Gasteiger partial charge in [0.25, 0.3) is 16.0 Å². The highest BCUT2D eigenvalue weighted by Gasteiger charge is 2.48. The van der Waals surface area contributed by atoms with Crippen molar-refractivity contribution in [3.63, 3.8) is 0 Å². The minimum absolute atomic E-state index is 0.0155. The molecule has 2 atom stereocenters. The topological polar surface area (TPSA) is 260 Å². The van der Waals surface area contributed by atoms with E-state index in [1.165, 1.54) is 25.3 Å². The quantitative estimate of drug-likeness (QED) is 0.0540. The summed E-state index contributed by atoms with van der Waals surface area (Å²) in [7, 11) is -10.6. The van der Waals surface area contributed by atoms with Gasteiger partial charge in [-0.25, -0.2) is 16.8 Å². The number of carboxylic acids is 1. The van der Waals surface area contributed by atoms with Gasteiger partial charge < -0.3 is 33.9 Å². The monoisotopic (exact) mass is 922 g/mol. The van der Waals surface area contributed by atoms with Crippen LogP contribution in [0.5, 0.6) is 0 Å². The summed E-state index contributed by atoms with van der Waals surface area (Å²) < 4.78 is 117. The van der Waals surface area contributed by atoms with Gasteiger partial charge in [0.15, 0.2) is 5.71 Å². The molecule has 2 heterocycles. The average Bonchev–Trinajstić information content (AvgIpc) is 3.54. The molecule has 0 saturated carbocycles. The summed E-state index contributed by atoms with van der Waals surface area (Å²) in [4.78, 5) is 25.8. The molecule has 2 aliphatic rings. The first-order valence-electron chi connectivity index (χ1n) is 20.2. The van der Waals surface area contributed by atoms with E-state index in [2.05, 4.69) is 5.32 Å². The molecule has 0 radical (unpaired) electrons. The number of anilines is 1. The van der Waals surface area contributed by atoms with E-state index in [4.69, 9.17) is 14.6 Å². The number of hydrogen-bond acceptors (Lipinski definition) is 13. The lowest BCUT2D eigenvalue weighted by Crippen LogP contribution is -2.32. The maximum absolute atomic E-state index is 13.1. The number of ether oxygens (including phenoxy) is 2. The average molecular weight is 923 g/mol. The van der Waals surface area contributed by atoms with E-state index in [1.54, 1.807) is 50.5 Å². The Balaban J connectivity index is 1.81. The molecule has 1 amide bonds. The minimum Gasteiger partial charge on any atom is -0.748 e. The number of carbonyl (C=O) groups is 2. The second-order valence-corrected chi connectivity index (χ2v) is 20.2. The lowest BCUT2D eigenvalue weighted by molar-refractivity contribution is -0.438. The van der Waals surface area contributed by atoms with Gasteiger partial charge in [0, 0.05) is 86.0 Å². The highest BCUT2D eigenvalue weighted by Crippen LogP contribution is 2.51. The van der Waals surface area contributed by atoms with Crippen molar-refractivity contribution in [2.75, 3.05) is 63.5 Å². The van der Waals surface area contributed by atoms with Crippen LogP contribution < -0.4 is 10.2 Å². The molecule has 62 heavy (non-hydrogen) atoms. The second-order valence-electron chi connectivity index (χ2n) is 15.7. The molecule has 0 aromatic heterocycles. The summed E-state index contributed by atoms with van der Waals surface area (Å²) in [6.45, 7) is 5.44. The van der Waals surface area contributed by atoms with Crippen molar-refractivity contribution in [3.05, 3.63) is 89.2 Å². The largest absolute Gasteiger partial charge is 0.748 e. The van der Waals surface area contributed by atoms with Crippen molar-refractivity contribution in [2.24, 2.45) is 0 Å². The molecule has 2 aromatic rings. The van der Waals surface area contributed by atoms with E-state index in [0.717, 1.165) is 16.9 Å².